The zero-order valence-corrected chi connectivity index (χ0v) is 14.4. The summed E-state index contributed by atoms with van der Waals surface area (Å²) in [6.07, 6.45) is 2.55. The van der Waals surface area contributed by atoms with E-state index in [4.69, 9.17) is 4.74 Å². The maximum absolute atomic E-state index is 13.6. The molecule has 0 atom stereocenters. The molecule has 0 saturated heterocycles. The van der Waals surface area contributed by atoms with Crippen LogP contribution >= 0.6 is 0 Å². The molecule has 0 spiro atoms. The number of amides is 1. The lowest BCUT2D eigenvalue weighted by molar-refractivity contribution is 0.0950. The number of carbonyl (C=O) groups excluding carboxylic acids is 1. The van der Waals surface area contributed by atoms with Gasteiger partial charge in [0.15, 0.2) is 0 Å². The van der Waals surface area contributed by atoms with Crippen LogP contribution in [0.1, 0.15) is 15.9 Å². The first-order valence-electron chi connectivity index (χ1n) is 8.01. The topological polar surface area (TPSA) is 76.1 Å². The summed E-state index contributed by atoms with van der Waals surface area (Å²) in [7, 11) is 1.58. The third kappa shape index (κ3) is 4.55. The maximum atomic E-state index is 13.6. The van der Waals surface area contributed by atoms with Crippen molar-refractivity contribution in [1.82, 2.24) is 15.3 Å². The van der Waals surface area contributed by atoms with Crippen molar-refractivity contribution in [1.29, 1.82) is 0 Å². The first-order valence-corrected chi connectivity index (χ1v) is 8.01. The van der Waals surface area contributed by atoms with Crippen molar-refractivity contribution < 1.29 is 18.3 Å². The Balaban J connectivity index is 1.61. The Labute approximate surface area is 154 Å². The molecule has 0 aliphatic rings. The fraction of sp³-hybridized carbons (Fsp3) is 0.105. The van der Waals surface area contributed by atoms with Crippen molar-refractivity contribution in [3.8, 4) is 5.75 Å². The second kappa shape index (κ2) is 8.22. The number of benzene rings is 2. The lowest BCUT2D eigenvalue weighted by Gasteiger charge is -2.08. The van der Waals surface area contributed by atoms with E-state index in [1.807, 2.05) is 12.1 Å². The normalized spacial score (nSPS) is 10.3. The van der Waals surface area contributed by atoms with E-state index in [-0.39, 0.29) is 23.1 Å². The van der Waals surface area contributed by atoms with Crippen molar-refractivity contribution >= 4 is 17.5 Å². The molecule has 2 aromatic carbocycles. The minimum absolute atomic E-state index is 0.0225. The van der Waals surface area contributed by atoms with Gasteiger partial charge in [-0.15, -0.1) is 0 Å². The van der Waals surface area contributed by atoms with Crippen LogP contribution in [0.2, 0.25) is 0 Å². The van der Waals surface area contributed by atoms with E-state index < -0.39 is 11.6 Å². The number of nitrogens with one attached hydrogen (secondary N) is 2. The molecule has 2 N–H and O–H groups in total. The molecule has 6 nitrogen and oxygen atoms in total. The zero-order valence-electron chi connectivity index (χ0n) is 14.4. The van der Waals surface area contributed by atoms with E-state index in [1.165, 1.54) is 18.5 Å². The third-order valence-corrected chi connectivity index (χ3v) is 3.73. The minimum atomic E-state index is -0.764. The van der Waals surface area contributed by atoms with Gasteiger partial charge in [-0.1, -0.05) is 18.2 Å². The smallest absolute Gasteiger partial charge is 0.254 e. The van der Waals surface area contributed by atoms with Gasteiger partial charge >= 0.3 is 0 Å². The lowest BCUT2D eigenvalue weighted by Crippen LogP contribution is -2.23. The molecule has 1 heterocycles. The summed E-state index contributed by atoms with van der Waals surface area (Å²) in [5, 5.41) is 5.20. The number of para-hydroxylation sites is 1. The zero-order chi connectivity index (χ0) is 19.2. The van der Waals surface area contributed by atoms with Gasteiger partial charge in [0.25, 0.3) is 5.91 Å². The monoisotopic (exact) mass is 370 g/mol. The second-order valence-electron chi connectivity index (χ2n) is 5.55. The van der Waals surface area contributed by atoms with Crippen molar-refractivity contribution in [3.05, 3.63) is 77.6 Å². The van der Waals surface area contributed by atoms with Gasteiger partial charge < -0.3 is 15.4 Å². The van der Waals surface area contributed by atoms with E-state index in [1.54, 1.807) is 19.2 Å². The summed E-state index contributed by atoms with van der Waals surface area (Å²) in [5.41, 5.74) is 0.774. The van der Waals surface area contributed by atoms with Crippen LogP contribution < -0.4 is 15.4 Å². The SMILES string of the molecule is COc1ccc(CNC(=O)c2cnc(Nc3c(F)cccc3F)nc2)cc1. The number of aromatic nitrogens is 2. The highest BCUT2D eigenvalue weighted by atomic mass is 19.1. The maximum Gasteiger partial charge on any atom is 0.254 e. The molecule has 0 aliphatic carbocycles. The molecule has 0 aliphatic heterocycles. The Morgan fingerprint density at radius 1 is 1.04 bits per heavy atom. The third-order valence-electron chi connectivity index (χ3n) is 3.73. The number of rotatable bonds is 6. The van der Waals surface area contributed by atoms with E-state index >= 15 is 0 Å². The van der Waals surface area contributed by atoms with Crippen LogP contribution in [0.5, 0.6) is 5.75 Å². The molecule has 27 heavy (non-hydrogen) atoms. The van der Waals surface area contributed by atoms with Crippen LogP contribution in [0.15, 0.2) is 54.9 Å². The molecular formula is C19H16F2N4O2. The van der Waals surface area contributed by atoms with Crippen LogP contribution in [0.3, 0.4) is 0 Å². The van der Waals surface area contributed by atoms with Crippen molar-refractivity contribution in [2.45, 2.75) is 6.54 Å². The molecule has 3 aromatic rings. The first kappa shape index (κ1) is 18.2. The number of hydrogen-bond acceptors (Lipinski definition) is 5. The van der Waals surface area contributed by atoms with Gasteiger partial charge in [0.05, 0.1) is 12.7 Å². The summed E-state index contributed by atoms with van der Waals surface area (Å²) < 4.78 is 32.3. The summed E-state index contributed by atoms with van der Waals surface area (Å²) >= 11 is 0. The van der Waals surface area contributed by atoms with E-state index in [2.05, 4.69) is 20.6 Å². The average Bonchev–Trinajstić information content (AvgIpc) is 2.70. The van der Waals surface area contributed by atoms with Crippen LogP contribution in [0, 0.1) is 11.6 Å². The van der Waals surface area contributed by atoms with Gasteiger partial charge in [-0.2, -0.15) is 0 Å². The lowest BCUT2D eigenvalue weighted by atomic mass is 10.2. The van der Waals surface area contributed by atoms with E-state index in [0.717, 1.165) is 23.4 Å². The predicted molar refractivity (Wildman–Crippen MR) is 95.8 cm³/mol. The van der Waals surface area contributed by atoms with Crippen molar-refractivity contribution in [2.75, 3.05) is 12.4 Å². The minimum Gasteiger partial charge on any atom is -0.497 e. The highest BCUT2D eigenvalue weighted by Gasteiger charge is 2.11. The Morgan fingerprint density at radius 3 is 2.26 bits per heavy atom. The fourth-order valence-corrected chi connectivity index (χ4v) is 2.27. The summed E-state index contributed by atoms with van der Waals surface area (Å²) in [6, 6.07) is 10.8. The predicted octanol–water partition coefficient (Wildman–Crippen LogP) is 3.44. The molecule has 0 bridgehead atoms. The molecule has 3 rings (SSSR count). The second-order valence-corrected chi connectivity index (χ2v) is 5.55. The van der Waals surface area contributed by atoms with Crippen LogP contribution in [0.25, 0.3) is 0 Å². The van der Waals surface area contributed by atoms with E-state index in [9.17, 15) is 13.6 Å². The molecule has 0 unspecified atom stereocenters. The molecule has 138 valence electrons. The Hall–Kier alpha value is -3.55. The number of carbonyl (C=O) groups is 1. The number of halogens is 2. The van der Waals surface area contributed by atoms with Gasteiger partial charge in [0, 0.05) is 18.9 Å². The number of anilines is 2. The number of methoxy groups -OCH3 is 1. The molecule has 8 heteroatoms. The Kier molecular flexibility index (Phi) is 5.55. The van der Waals surface area contributed by atoms with Crippen LogP contribution in [0.4, 0.5) is 20.4 Å². The van der Waals surface area contributed by atoms with Crippen molar-refractivity contribution in [2.24, 2.45) is 0 Å². The highest BCUT2D eigenvalue weighted by molar-refractivity contribution is 5.93. The van der Waals surface area contributed by atoms with Gasteiger partial charge in [-0.3, -0.25) is 4.79 Å². The Bertz CT molecular complexity index is 911. The van der Waals surface area contributed by atoms with Crippen LogP contribution in [-0.4, -0.2) is 23.0 Å². The molecule has 0 radical (unpaired) electrons. The molecule has 0 saturated carbocycles. The van der Waals surface area contributed by atoms with Gasteiger partial charge in [0.1, 0.15) is 23.1 Å². The summed E-state index contributed by atoms with van der Waals surface area (Å²) in [5.74, 6) is -1.19. The van der Waals surface area contributed by atoms with Gasteiger partial charge in [-0.05, 0) is 29.8 Å². The van der Waals surface area contributed by atoms with Crippen LogP contribution in [-0.2, 0) is 6.54 Å². The van der Waals surface area contributed by atoms with Crippen molar-refractivity contribution in [3.63, 3.8) is 0 Å². The summed E-state index contributed by atoms with van der Waals surface area (Å²) in [4.78, 5) is 20.0. The fourth-order valence-electron chi connectivity index (χ4n) is 2.27. The number of nitrogens with zero attached hydrogens (tertiary/aromatic N) is 2. The standard InChI is InChI=1S/C19H16F2N4O2/c1-27-14-7-5-12(6-8-14)9-22-18(26)13-10-23-19(24-11-13)25-17-15(20)3-2-4-16(17)21/h2-8,10-11H,9H2,1H3,(H,22,26)(H,23,24,25). The first-order chi connectivity index (χ1) is 13.1. The van der Waals surface area contributed by atoms with Gasteiger partial charge in [0.2, 0.25) is 5.95 Å². The number of hydrogen-bond donors (Lipinski definition) is 2. The Morgan fingerprint density at radius 2 is 1.67 bits per heavy atom. The molecule has 1 amide bonds. The summed E-state index contributed by atoms with van der Waals surface area (Å²) in [6.45, 7) is 0.323. The highest BCUT2D eigenvalue weighted by Crippen LogP contribution is 2.21. The molecular weight excluding hydrogens is 354 g/mol. The quantitative estimate of drug-likeness (QED) is 0.695. The average molecular weight is 370 g/mol. The largest absolute Gasteiger partial charge is 0.497 e. The van der Waals surface area contributed by atoms with E-state index in [0.29, 0.717) is 6.54 Å². The van der Waals surface area contributed by atoms with Gasteiger partial charge in [-0.25, -0.2) is 18.7 Å². The molecule has 0 fully saturated rings. The number of ether oxygens (including phenoxy) is 1. The molecule has 1 aromatic heterocycles.